The second-order valence-corrected chi connectivity index (χ2v) is 8.62. The van der Waals surface area contributed by atoms with Crippen LogP contribution in [-0.4, -0.2) is 34.0 Å². The van der Waals surface area contributed by atoms with E-state index in [-0.39, 0.29) is 11.2 Å². The Morgan fingerprint density at radius 2 is 1.97 bits per heavy atom. The van der Waals surface area contributed by atoms with E-state index in [4.69, 9.17) is 21.3 Å². The van der Waals surface area contributed by atoms with Crippen molar-refractivity contribution in [1.29, 1.82) is 0 Å². The van der Waals surface area contributed by atoms with E-state index < -0.39 is 0 Å². The summed E-state index contributed by atoms with van der Waals surface area (Å²) >= 11 is 6.51. The number of aryl methyl sites for hydroxylation is 2. The third kappa shape index (κ3) is 2.81. The van der Waals surface area contributed by atoms with Crippen molar-refractivity contribution < 1.29 is 9.53 Å². The van der Waals surface area contributed by atoms with Crippen molar-refractivity contribution in [3.63, 3.8) is 0 Å². The highest BCUT2D eigenvalue weighted by molar-refractivity contribution is 6.35. The Kier molecular flexibility index (Phi) is 4.10. The number of halogens is 1. The van der Waals surface area contributed by atoms with Gasteiger partial charge in [-0.05, 0) is 44.4 Å². The van der Waals surface area contributed by atoms with Crippen LogP contribution < -0.4 is 9.64 Å². The van der Waals surface area contributed by atoms with Crippen LogP contribution in [0.3, 0.4) is 0 Å². The number of hydrogen-bond acceptors (Lipinski definition) is 5. The van der Waals surface area contributed by atoms with E-state index in [0.717, 1.165) is 60.8 Å². The number of anilines is 2. The van der Waals surface area contributed by atoms with Gasteiger partial charge in [0.05, 0.1) is 29.0 Å². The van der Waals surface area contributed by atoms with Crippen molar-refractivity contribution in [2.45, 2.75) is 39.7 Å². The number of imidazole rings is 1. The Morgan fingerprint density at radius 1 is 1.17 bits per heavy atom. The van der Waals surface area contributed by atoms with E-state index in [9.17, 15) is 4.79 Å². The van der Waals surface area contributed by atoms with Gasteiger partial charge in [-0.15, -0.1) is 0 Å². The standard InChI is InChI=1S/C22H23ClN4O2/c1-13-16(7-8-17(24-13)29-3)26-11-4-12-27-19-14(20(28)22(2)9-10-22)5-6-15(23)18(19)25-21(26)27/h5-8H,4,9-12H2,1-3H3. The molecular formula is C22H23ClN4O2. The van der Waals surface area contributed by atoms with Crippen LogP contribution in [0.25, 0.3) is 11.0 Å². The number of rotatable bonds is 4. The maximum Gasteiger partial charge on any atom is 0.213 e. The quantitative estimate of drug-likeness (QED) is 0.571. The number of ketones is 1. The highest BCUT2D eigenvalue weighted by Gasteiger charge is 2.46. The maximum absolute atomic E-state index is 13.2. The molecule has 29 heavy (non-hydrogen) atoms. The first-order chi connectivity index (χ1) is 13.9. The molecule has 0 radical (unpaired) electrons. The minimum absolute atomic E-state index is 0.196. The zero-order valence-corrected chi connectivity index (χ0v) is 17.6. The molecule has 0 atom stereocenters. The van der Waals surface area contributed by atoms with Crippen molar-refractivity contribution in [3.05, 3.63) is 40.5 Å². The summed E-state index contributed by atoms with van der Waals surface area (Å²) in [6.07, 6.45) is 2.83. The van der Waals surface area contributed by atoms with E-state index in [2.05, 4.69) is 14.5 Å². The van der Waals surface area contributed by atoms with Crippen molar-refractivity contribution in [2.24, 2.45) is 5.41 Å². The van der Waals surface area contributed by atoms with Crippen LogP contribution in [0.4, 0.5) is 11.6 Å². The number of benzene rings is 1. The normalized spacial score (nSPS) is 17.3. The third-order valence-corrected chi connectivity index (χ3v) is 6.46. The summed E-state index contributed by atoms with van der Waals surface area (Å²) in [5, 5.41) is 0.573. The Morgan fingerprint density at radius 3 is 2.66 bits per heavy atom. The Bertz CT molecular complexity index is 1150. The van der Waals surface area contributed by atoms with E-state index in [0.29, 0.717) is 16.4 Å². The molecule has 3 heterocycles. The van der Waals surface area contributed by atoms with Crippen LogP contribution >= 0.6 is 11.6 Å². The van der Waals surface area contributed by atoms with Gasteiger partial charge in [0.25, 0.3) is 0 Å². The second-order valence-electron chi connectivity index (χ2n) is 8.21. The predicted molar refractivity (Wildman–Crippen MR) is 114 cm³/mol. The van der Waals surface area contributed by atoms with Gasteiger partial charge >= 0.3 is 0 Å². The Balaban J connectivity index is 1.69. The van der Waals surface area contributed by atoms with Gasteiger partial charge in [-0.3, -0.25) is 4.79 Å². The number of carbonyl (C=O) groups excluding carboxylic acids is 1. The lowest BCUT2D eigenvalue weighted by Crippen LogP contribution is -2.29. The minimum atomic E-state index is -0.240. The average molecular weight is 411 g/mol. The molecule has 0 amide bonds. The number of hydrogen-bond donors (Lipinski definition) is 0. The van der Waals surface area contributed by atoms with E-state index in [1.807, 2.05) is 32.0 Å². The lowest BCUT2D eigenvalue weighted by Gasteiger charge is -2.30. The number of Topliss-reactive ketones (excluding diaryl/α,β-unsaturated/α-hetero) is 1. The summed E-state index contributed by atoms with van der Waals surface area (Å²) in [5.41, 5.74) is 3.90. The van der Waals surface area contributed by atoms with Crippen LogP contribution in [0.2, 0.25) is 5.02 Å². The zero-order chi connectivity index (χ0) is 20.3. The first kappa shape index (κ1) is 18.4. The molecule has 7 heteroatoms. The molecule has 5 rings (SSSR count). The molecule has 0 bridgehead atoms. The van der Waals surface area contributed by atoms with E-state index in [1.165, 1.54) is 0 Å². The zero-order valence-electron chi connectivity index (χ0n) is 16.8. The molecule has 6 nitrogen and oxygen atoms in total. The van der Waals surface area contributed by atoms with Gasteiger partial charge in [0.15, 0.2) is 5.78 Å². The lowest BCUT2D eigenvalue weighted by atomic mass is 9.95. The molecule has 1 fully saturated rings. The molecule has 2 aromatic heterocycles. The fourth-order valence-corrected chi connectivity index (χ4v) is 4.38. The van der Waals surface area contributed by atoms with Crippen LogP contribution in [-0.2, 0) is 6.54 Å². The van der Waals surface area contributed by atoms with Gasteiger partial charge in [-0.1, -0.05) is 18.5 Å². The molecule has 0 spiro atoms. The predicted octanol–water partition coefficient (Wildman–Crippen LogP) is 4.93. The molecule has 2 aliphatic rings. The molecule has 1 saturated carbocycles. The Labute approximate surface area is 174 Å². The SMILES string of the molecule is COc1ccc(N2CCCn3c2nc2c(Cl)ccc(C(=O)C4(C)CC4)c23)c(C)n1. The summed E-state index contributed by atoms with van der Waals surface area (Å²) < 4.78 is 7.39. The summed E-state index contributed by atoms with van der Waals surface area (Å²) in [4.78, 5) is 24.8. The molecule has 0 saturated heterocycles. The minimum Gasteiger partial charge on any atom is -0.481 e. The van der Waals surface area contributed by atoms with Crippen LogP contribution in [0.5, 0.6) is 5.88 Å². The van der Waals surface area contributed by atoms with E-state index in [1.54, 1.807) is 13.2 Å². The van der Waals surface area contributed by atoms with Crippen molar-refractivity contribution in [1.82, 2.24) is 14.5 Å². The topological polar surface area (TPSA) is 60.2 Å². The summed E-state index contributed by atoms with van der Waals surface area (Å²) in [6.45, 7) is 5.65. The molecule has 3 aromatic rings. The molecular weight excluding hydrogens is 388 g/mol. The molecule has 0 unspecified atom stereocenters. The highest BCUT2D eigenvalue weighted by atomic mass is 35.5. The maximum atomic E-state index is 13.2. The van der Waals surface area contributed by atoms with Gasteiger partial charge in [0.2, 0.25) is 11.8 Å². The van der Waals surface area contributed by atoms with Gasteiger partial charge in [-0.2, -0.15) is 0 Å². The largest absolute Gasteiger partial charge is 0.481 e. The fourth-order valence-electron chi connectivity index (χ4n) is 4.18. The van der Waals surface area contributed by atoms with Crippen LogP contribution in [0.1, 0.15) is 42.2 Å². The van der Waals surface area contributed by atoms with Gasteiger partial charge in [0, 0.05) is 30.1 Å². The average Bonchev–Trinajstić information content (AvgIpc) is 3.35. The first-order valence-corrected chi connectivity index (χ1v) is 10.3. The summed E-state index contributed by atoms with van der Waals surface area (Å²) in [5.74, 6) is 1.59. The fraction of sp³-hybridized carbons (Fsp3) is 0.409. The van der Waals surface area contributed by atoms with Crippen molar-refractivity contribution in [2.75, 3.05) is 18.6 Å². The number of ether oxygens (including phenoxy) is 1. The monoisotopic (exact) mass is 410 g/mol. The van der Waals surface area contributed by atoms with Crippen LogP contribution in [0.15, 0.2) is 24.3 Å². The molecule has 1 aromatic carbocycles. The number of fused-ring (bicyclic) bond motifs is 3. The number of pyridine rings is 1. The first-order valence-electron chi connectivity index (χ1n) is 9.96. The molecule has 1 aliphatic heterocycles. The van der Waals surface area contributed by atoms with Gasteiger partial charge < -0.3 is 14.2 Å². The second kappa shape index (κ2) is 6.46. The van der Waals surface area contributed by atoms with Crippen molar-refractivity contribution >= 4 is 40.1 Å². The Hall–Kier alpha value is -2.60. The third-order valence-electron chi connectivity index (χ3n) is 6.16. The van der Waals surface area contributed by atoms with Crippen molar-refractivity contribution in [3.8, 4) is 5.88 Å². The molecule has 0 N–H and O–H groups in total. The smallest absolute Gasteiger partial charge is 0.213 e. The van der Waals surface area contributed by atoms with Gasteiger partial charge in [-0.25, -0.2) is 9.97 Å². The van der Waals surface area contributed by atoms with E-state index >= 15 is 0 Å². The summed E-state index contributed by atoms with van der Waals surface area (Å²) in [6, 6.07) is 7.53. The van der Waals surface area contributed by atoms with Crippen LogP contribution in [0, 0.1) is 12.3 Å². The number of carbonyl (C=O) groups is 1. The number of aromatic nitrogens is 3. The van der Waals surface area contributed by atoms with Gasteiger partial charge in [0.1, 0.15) is 5.52 Å². The summed E-state index contributed by atoms with van der Waals surface area (Å²) in [7, 11) is 1.61. The highest BCUT2D eigenvalue weighted by Crippen LogP contribution is 2.49. The number of methoxy groups -OCH3 is 1. The molecule has 1 aliphatic carbocycles. The number of nitrogens with zero attached hydrogens (tertiary/aromatic N) is 4. The lowest BCUT2D eigenvalue weighted by molar-refractivity contribution is 0.0914. The molecule has 150 valence electrons.